The highest BCUT2D eigenvalue weighted by molar-refractivity contribution is 6.06. The maximum Gasteiger partial charge on any atom is 0.267 e. The van der Waals surface area contributed by atoms with Crippen LogP contribution in [0.2, 0.25) is 0 Å². The molecule has 6 heteroatoms. The lowest BCUT2D eigenvalue weighted by Crippen LogP contribution is -2.46. The van der Waals surface area contributed by atoms with Crippen molar-refractivity contribution in [1.82, 2.24) is 20.3 Å². The summed E-state index contributed by atoms with van der Waals surface area (Å²) in [6, 6.07) is 16.3. The average Bonchev–Trinajstić information content (AvgIpc) is 2.99. The van der Waals surface area contributed by atoms with Crippen molar-refractivity contribution in [3.63, 3.8) is 0 Å². The number of aromatic nitrogens is 1. The summed E-state index contributed by atoms with van der Waals surface area (Å²) in [6.45, 7) is 0. The molecule has 0 fully saturated rings. The Labute approximate surface area is 152 Å². The highest BCUT2D eigenvalue weighted by Gasteiger charge is 2.23. The first-order chi connectivity index (χ1) is 12.5. The van der Waals surface area contributed by atoms with E-state index in [1.165, 1.54) is 4.90 Å². The van der Waals surface area contributed by atoms with Crippen LogP contribution in [0.4, 0.5) is 0 Å². The molecule has 0 radical (unpaired) electrons. The maximum atomic E-state index is 12.7. The van der Waals surface area contributed by atoms with Crippen molar-refractivity contribution in [1.29, 1.82) is 0 Å². The van der Waals surface area contributed by atoms with Crippen LogP contribution in [0.1, 0.15) is 22.0 Å². The Morgan fingerprint density at radius 2 is 1.65 bits per heavy atom. The van der Waals surface area contributed by atoms with Gasteiger partial charge in [0, 0.05) is 38.2 Å². The summed E-state index contributed by atoms with van der Waals surface area (Å²) in [5.41, 5.74) is 7.89. The van der Waals surface area contributed by atoms with Gasteiger partial charge in [-0.1, -0.05) is 48.5 Å². The van der Waals surface area contributed by atoms with Crippen LogP contribution in [-0.4, -0.2) is 35.4 Å². The first-order valence-electron chi connectivity index (χ1n) is 8.35. The Bertz CT molecular complexity index is 931. The Balaban J connectivity index is 1.82. The number of aryl methyl sites for hydroxylation is 1. The molecule has 6 nitrogen and oxygen atoms in total. The third-order valence-electron chi connectivity index (χ3n) is 4.29. The molecule has 0 aliphatic rings. The number of amides is 2. The monoisotopic (exact) mass is 350 g/mol. The summed E-state index contributed by atoms with van der Waals surface area (Å²) in [4.78, 5) is 26.7. The van der Waals surface area contributed by atoms with Gasteiger partial charge < -0.3 is 9.47 Å². The molecule has 2 N–H and O–H groups in total. The number of hydrogen-bond donors (Lipinski definition) is 2. The van der Waals surface area contributed by atoms with Crippen molar-refractivity contribution in [2.24, 2.45) is 7.05 Å². The van der Waals surface area contributed by atoms with Crippen LogP contribution >= 0.6 is 0 Å². The maximum absolute atomic E-state index is 12.7. The number of carbonyl (C=O) groups excluding carboxylic acids is 2. The molecule has 2 aromatic carbocycles. The Hall–Kier alpha value is -3.12. The molecule has 0 spiro atoms. The standard InChI is InChI=1S/C20H22N4O2/c1-23(2)20(26)18(14-9-5-4-6-10-14)21-22-19(25)16-13-24(3)17-12-8-7-11-15(16)17/h4-13,18,21H,1-3H3,(H,22,25)/t18-/m1/s1. The summed E-state index contributed by atoms with van der Waals surface area (Å²) in [5.74, 6) is -0.427. The van der Waals surface area contributed by atoms with E-state index in [9.17, 15) is 9.59 Å². The van der Waals surface area contributed by atoms with Crippen molar-refractivity contribution < 1.29 is 9.59 Å². The number of rotatable bonds is 5. The van der Waals surface area contributed by atoms with Crippen LogP contribution in [0.25, 0.3) is 10.9 Å². The normalized spacial score (nSPS) is 12.0. The van der Waals surface area contributed by atoms with E-state index in [0.29, 0.717) is 5.56 Å². The summed E-state index contributed by atoms with van der Waals surface area (Å²) in [5, 5.41) is 0.865. The van der Waals surface area contributed by atoms with Gasteiger partial charge in [-0.3, -0.25) is 15.0 Å². The lowest BCUT2D eigenvalue weighted by molar-refractivity contribution is -0.131. The van der Waals surface area contributed by atoms with Gasteiger partial charge in [-0.25, -0.2) is 5.43 Å². The summed E-state index contributed by atoms with van der Waals surface area (Å²) in [7, 11) is 5.27. The number of para-hydroxylation sites is 1. The van der Waals surface area contributed by atoms with Gasteiger partial charge in [-0.05, 0) is 11.6 Å². The molecular formula is C20H22N4O2. The predicted molar refractivity (Wildman–Crippen MR) is 101 cm³/mol. The first-order valence-corrected chi connectivity index (χ1v) is 8.35. The molecule has 1 atom stereocenters. The average molecular weight is 350 g/mol. The van der Waals surface area contributed by atoms with Gasteiger partial charge in [0.25, 0.3) is 5.91 Å². The van der Waals surface area contributed by atoms with E-state index >= 15 is 0 Å². The van der Waals surface area contributed by atoms with Crippen molar-refractivity contribution in [2.75, 3.05) is 14.1 Å². The second-order valence-corrected chi connectivity index (χ2v) is 6.35. The molecule has 0 saturated heterocycles. The fraction of sp³-hybridized carbons (Fsp3) is 0.200. The molecule has 134 valence electrons. The van der Waals surface area contributed by atoms with Crippen molar-refractivity contribution in [3.8, 4) is 0 Å². The largest absolute Gasteiger partial charge is 0.350 e. The molecule has 3 rings (SSSR count). The molecule has 26 heavy (non-hydrogen) atoms. The zero-order chi connectivity index (χ0) is 18.7. The molecule has 0 bridgehead atoms. The minimum Gasteiger partial charge on any atom is -0.350 e. The number of fused-ring (bicyclic) bond motifs is 1. The summed E-state index contributed by atoms with van der Waals surface area (Å²) in [6.07, 6.45) is 1.78. The second-order valence-electron chi connectivity index (χ2n) is 6.35. The smallest absolute Gasteiger partial charge is 0.267 e. The Kier molecular flexibility index (Phi) is 5.04. The molecule has 1 heterocycles. The number of nitrogens with zero attached hydrogens (tertiary/aromatic N) is 2. The van der Waals surface area contributed by atoms with Crippen molar-refractivity contribution >= 4 is 22.7 Å². The predicted octanol–water partition coefficient (Wildman–Crippen LogP) is 2.24. The van der Waals surface area contributed by atoms with Crippen LogP contribution < -0.4 is 10.9 Å². The molecule has 1 aromatic heterocycles. The van der Waals surface area contributed by atoms with Gasteiger partial charge in [0.2, 0.25) is 5.91 Å². The summed E-state index contributed by atoms with van der Waals surface area (Å²) >= 11 is 0. The van der Waals surface area contributed by atoms with E-state index < -0.39 is 6.04 Å². The molecule has 3 aromatic rings. The van der Waals surface area contributed by atoms with E-state index in [0.717, 1.165) is 16.5 Å². The fourth-order valence-electron chi connectivity index (χ4n) is 2.92. The molecule has 0 saturated carbocycles. The van der Waals surface area contributed by atoms with Crippen LogP contribution in [0.3, 0.4) is 0 Å². The van der Waals surface area contributed by atoms with Gasteiger partial charge in [-0.2, -0.15) is 0 Å². The lowest BCUT2D eigenvalue weighted by atomic mass is 10.1. The number of hydrazine groups is 1. The van der Waals surface area contributed by atoms with Crippen LogP contribution in [0.15, 0.2) is 60.8 Å². The number of benzene rings is 2. The van der Waals surface area contributed by atoms with E-state index in [1.807, 2.05) is 66.2 Å². The number of carbonyl (C=O) groups is 2. The molecule has 0 unspecified atom stereocenters. The summed E-state index contributed by atoms with van der Waals surface area (Å²) < 4.78 is 1.91. The lowest BCUT2D eigenvalue weighted by Gasteiger charge is -2.22. The van der Waals surface area contributed by atoms with Gasteiger partial charge >= 0.3 is 0 Å². The number of hydrogen-bond acceptors (Lipinski definition) is 3. The zero-order valence-electron chi connectivity index (χ0n) is 15.1. The van der Waals surface area contributed by atoms with Crippen LogP contribution in [-0.2, 0) is 11.8 Å². The third-order valence-corrected chi connectivity index (χ3v) is 4.29. The highest BCUT2D eigenvalue weighted by atomic mass is 16.2. The van der Waals surface area contributed by atoms with Gasteiger partial charge in [-0.15, -0.1) is 0 Å². The van der Waals surface area contributed by atoms with E-state index in [1.54, 1.807) is 20.3 Å². The SMILES string of the molecule is CN(C)C(=O)[C@H](NNC(=O)c1cn(C)c2ccccc12)c1ccccc1. The number of nitrogens with one attached hydrogen (secondary N) is 2. The van der Waals surface area contributed by atoms with E-state index in [-0.39, 0.29) is 11.8 Å². The van der Waals surface area contributed by atoms with E-state index in [4.69, 9.17) is 0 Å². The third kappa shape index (κ3) is 3.45. The van der Waals surface area contributed by atoms with Crippen LogP contribution in [0.5, 0.6) is 0 Å². The molecule has 0 aliphatic carbocycles. The second kappa shape index (κ2) is 7.41. The first kappa shape index (κ1) is 17.7. The van der Waals surface area contributed by atoms with Gasteiger partial charge in [0.05, 0.1) is 5.56 Å². The van der Waals surface area contributed by atoms with Crippen molar-refractivity contribution in [3.05, 3.63) is 71.9 Å². The zero-order valence-corrected chi connectivity index (χ0v) is 15.1. The molecule has 2 amide bonds. The Morgan fingerprint density at radius 1 is 1.00 bits per heavy atom. The number of likely N-dealkylation sites (N-methyl/N-ethyl adjacent to an activating group) is 1. The Morgan fingerprint density at radius 3 is 2.35 bits per heavy atom. The van der Waals surface area contributed by atoms with Crippen LogP contribution in [0, 0.1) is 0 Å². The topological polar surface area (TPSA) is 66.4 Å². The fourth-order valence-corrected chi connectivity index (χ4v) is 2.92. The van der Waals surface area contributed by atoms with Gasteiger partial charge in [0.15, 0.2) is 0 Å². The van der Waals surface area contributed by atoms with E-state index in [2.05, 4.69) is 10.9 Å². The minimum absolute atomic E-state index is 0.144. The molecule has 0 aliphatic heterocycles. The minimum atomic E-state index is -0.662. The van der Waals surface area contributed by atoms with Gasteiger partial charge in [0.1, 0.15) is 6.04 Å². The molecular weight excluding hydrogens is 328 g/mol. The highest BCUT2D eigenvalue weighted by Crippen LogP contribution is 2.20. The quantitative estimate of drug-likeness (QED) is 0.694. The van der Waals surface area contributed by atoms with Crippen molar-refractivity contribution in [2.45, 2.75) is 6.04 Å².